The first-order chi connectivity index (χ1) is 13.5. The summed E-state index contributed by atoms with van der Waals surface area (Å²) >= 11 is 0. The van der Waals surface area contributed by atoms with Crippen molar-refractivity contribution < 1.29 is 18.9 Å². The van der Waals surface area contributed by atoms with Crippen LogP contribution in [-0.4, -0.2) is 22.5 Å². The molecule has 9 nitrogen and oxygen atoms in total. The van der Waals surface area contributed by atoms with Crippen LogP contribution in [0.4, 0.5) is 5.69 Å². The zero-order chi connectivity index (χ0) is 20.1. The number of nitrogens with zero attached hydrogens (tertiary/aromatic N) is 2. The van der Waals surface area contributed by atoms with Gasteiger partial charge in [-0.15, -0.1) is 0 Å². The largest absolute Gasteiger partial charge is 0.496 e. The van der Waals surface area contributed by atoms with Crippen molar-refractivity contribution in [2.45, 2.75) is 25.9 Å². The summed E-state index contributed by atoms with van der Waals surface area (Å²) in [7, 11) is 1.57. The number of methoxy groups -OCH3 is 1. The van der Waals surface area contributed by atoms with E-state index in [2.05, 4.69) is 5.32 Å². The first-order valence-corrected chi connectivity index (χ1v) is 8.66. The molecule has 3 rings (SSSR count). The summed E-state index contributed by atoms with van der Waals surface area (Å²) in [5.74, 6) is -0.0550. The number of aryl methyl sites for hydroxylation is 1. The van der Waals surface area contributed by atoms with Crippen LogP contribution in [0, 0.1) is 10.1 Å². The molecule has 2 aromatic carbocycles. The van der Waals surface area contributed by atoms with Crippen molar-refractivity contribution in [1.82, 2.24) is 9.88 Å². The van der Waals surface area contributed by atoms with Gasteiger partial charge in [0.2, 0.25) is 5.91 Å². The highest BCUT2D eigenvalue weighted by Crippen LogP contribution is 2.20. The number of ether oxygens (including phenoxy) is 1. The number of fused-ring (bicyclic) bond motifs is 1. The molecule has 9 heteroatoms. The second-order valence-electron chi connectivity index (χ2n) is 6.12. The van der Waals surface area contributed by atoms with Gasteiger partial charge in [-0.2, -0.15) is 0 Å². The molecule has 0 radical (unpaired) electrons. The lowest BCUT2D eigenvalue weighted by molar-refractivity contribution is -0.384. The SMILES string of the molecule is COc1ccccc1CNC(=O)CCCn1c(=O)oc2cc([N+](=O)[O-])ccc21. The average Bonchev–Trinajstić information content (AvgIpc) is 3.01. The van der Waals surface area contributed by atoms with Gasteiger partial charge < -0.3 is 14.5 Å². The van der Waals surface area contributed by atoms with Crippen LogP contribution in [-0.2, 0) is 17.9 Å². The van der Waals surface area contributed by atoms with Crippen LogP contribution in [0.25, 0.3) is 11.1 Å². The Morgan fingerprint density at radius 1 is 1.29 bits per heavy atom. The van der Waals surface area contributed by atoms with Gasteiger partial charge >= 0.3 is 5.76 Å². The minimum absolute atomic E-state index is 0.149. The molecule has 1 N–H and O–H groups in total. The van der Waals surface area contributed by atoms with Crippen LogP contribution in [0.2, 0.25) is 0 Å². The Morgan fingerprint density at radius 2 is 2.07 bits per heavy atom. The molecule has 0 saturated carbocycles. The normalized spacial score (nSPS) is 10.8. The fourth-order valence-corrected chi connectivity index (χ4v) is 2.91. The maximum Gasteiger partial charge on any atom is 0.419 e. The third-order valence-electron chi connectivity index (χ3n) is 4.32. The number of carbonyl (C=O) groups excluding carboxylic acids is 1. The minimum Gasteiger partial charge on any atom is -0.496 e. The molecule has 146 valence electrons. The number of nitro groups is 1. The molecular formula is C19H19N3O6. The van der Waals surface area contributed by atoms with Gasteiger partial charge in [-0.3, -0.25) is 19.5 Å². The second-order valence-corrected chi connectivity index (χ2v) is 6.12. The van der Waals surface area contributed by atoms with Crippen molar-refractivity contribution in [3.8, 4) is 5.75 Å². The van der Waals surface area contributed by atoms with E-state index >= 15 is 0 Å². The number of non-ortho nitro benzene ring substituents is 1. The highest BCUT2D eigenvalue weighted by molar-refractivity contribution is 5.76. The summed E-state index contributed by atoms with van der Waals surface area (Å²) in [5.41, 5.74) is 1.34. The van der Waals surface area contributed by atoms with E-state index in [9.17, 15) is 19.7 Å². The number of amides is 1. The molecule has 0 aliphatic rings. The van der Waals surface area contributed by atoms with E-state index in [4.69, 9.17) is 9.15 Å². The molecule has 28 heavy (non-hydrogen) atoms. The monoisotopic (exact) mass is 385 g/mol. The summed E-state index contributed by atoms with van der Waals surface area (Å²) in [6, 6.07) is 11.4. The topological polar surface area (TPSA) is 117 Å². The number of hydrogen-bond donors (Lipinski definition) is 1. The molecule has 1 amide bonds. The van der Waals surface area contributed by atoms with Gasteiger partial charge in [0.1, 0.15) is 5.75 Å². The predicted molar refractivity (Wildman–Crippen MR) is 101 cm³/mol. The van der Waals surface area contributed by atoms with E-state index in [1.165, 1.54) is 22.8 Å². The third-order valence-corrected chi connectivity index (χ3v) is 4.32. The first-order valence-electron chi connectivity index (χ1n) is 8.66. The molecule has 1 aromatic heterocycles. The number of nitrogens with one attached hydrogen (secondary N) is 1. The fraction of sp³-hybridized carbons (Fsp3) is 0.263. The number of nitro benzene ring substituents is 1. The predicted octanol–water partition coefficient (Wildman–Crippen LogP) is 2.61. The van der Waals surface area contributed by atoms with Gasteiger partial charge in [0.15, 0.2) is 5.58 Å². The van der Waals surface area contributed by atoms with Crippen LogP contribution in [0.3, 0.4) is 0 Å². The third kappa shape index (κ3) is 4.20. The zero-order valence-electron chi connectivity index (χ0n) is 15.2. The Kier molecular flexibility index (Phi) is 5.73. The lowest BCUT2D eigenvalue weighted by atomic mass is 10.2. The van der Waals surface area contributed by atoms with Crippen LogP contribution in [0.15, 0.2) is 51.7 Å². The molecule has 0 bridgehead atoms. The minimum atomic E-state index is -0.607. The lowest BCUT2D eigenvalue weighted by Gasteiger charge is -2.09. The zero-order valence-corrected chi connectivity index (χ0v) is 15.2. The Balaban J connectivity index is 1.57. The van der Waals surface area contributed by atoms with E-state index in [1.807, 2.05) is 24.3 Å². The lowest BCUT2D eigenvalue weighted by Crippen LogP contribution is -2.23. The van der Waals surface area contributed by atoms with E-state index < -0.39 is 10.7 Å². The Bertz CT molecular complexity index is 1070. The number of carbonyl (C=O) groups is 1. The summed E-state index contributed by atoms with van der Waals surface area (Å²) < 4.78 is 11.7. The summed E-state index contributed by atoms with van der Waals surface area (Å²) in [6.45, 7) is 0.618. The molecule has 0 saturated heterocycles. The molecule has 0 spiro atoms. The van der Waals surface area contributed by atoms with Crippen molar-refractivity contribution in [3.05, 3.63) is 68.7 Å². The Hall–Kier alpha value is -3.62. The van der Waals surface area contributed by atoms with E-state index in [0.717, 1.165) is 5.56 Å². The van der Waals surface area contributed by atoms with Crippen molar-refractivity contribution in [2.24, 2.45) is 0 Å². The molecule has 0 atom stereocenters. The van der Waals surface area contributed by atoms with Crippen LogP contribution >= 0.6 is 0 Å². The van der Waals surface area contributed by atoms with E-state index in [-0.39, 0.29) is 30.1 Å². The van der Waals surface area contributed by atoms with E-state index in [1.54, 1.807) is 7.11 Å². The molecule has 0 aliphatic heterocycles. The summed E-state index contributed by atoms with van der Waals surface area (Å²) in [5, 5.41) is 13.6. The average molecular weight is 385 g/mol. The fourth-order valence-electron chi connectivity index (χ4n) is 2.91. The van der Waals surface area contributed by atoms with Crippen LogP contribution in [0.5, 0.6) is 5.75 Å². The van der Waals surface area contributed by atoms with Crippen molar-refractivity contribution in [1.29, 1.82) is 0 Å². The quantitative estimate of drug-likeness (QED) is 0.471. The van der Waals surface area contributed by atoms with Crippen LogP contribution < -0.4 is 15.8 Å². The molecular weight excluding hydrogens is 366 g/mol. The van der Waals surface area contributed by atoms with Gasteiger partial charge in [-0.25, -0.2) is 4.79 Å². The highest BCUT2D eigenvalue weighted by Gasteiger charge is 2.14. The second kappa shape index (κ2) is 8.38. The number of oxazole rings is 1. The standard InChI is InChI=1S/C19H19N3O6/c1-27-16-6-3-2-5-13(16)12-20-18(23)7-4-10-21-15-9-8-14(22(25)26)11-17(15)28-19(21)24/h2-3,5-6,8-9,11H,4,7,10,12H2,1H3,(H,20,23). The Morgan fingerprint density at radius 3 is 2.82 bits per heavy atom. The Labute approximate surface area is 159 Å². The molecule has 0 aliphatic carbocycles. The number of benzene rings is 2. The maximum atomic E-state index is 12.1. The summed E-state index contributed by atoms with van der Waals surface area (Å²) in [6.07, 6.45) is 0.643. The number of aromatic nitrogens is 1. The maximum absolute atomic E-state index is 12.1. The van der Waals surface area contributed by atoms with Gasteiger partial charge in [-0.05, 0) is 18.6 Å². The van der Waals surface area contributed by atoms with Crippen molar-refractivity contribution >= 4 is 22.7 Å². The highest BCUT2D eigenvalue weighted by atomic mass is 16.6. The summed E-state index contributed by atoms with van der Waals surface area (Å²) in [4.78, 5) is 34.3. The van der Waals surface area contributed by atoms with Crippen molar-refractivity contribution in [3.63, 3.8) is 0 Å². The van der Waals surface area contributed by atoms with Gasteiger partial charge in [0.05, 0.1) is 23.6 Å². The molecule has 0 fully saturated rings. The van der Waals surface area contributed by atoms with Gasteiger partial charge in [-0.1, -0.05) is 18.2 Å². The molecule has 0 unspecified atom stereocenters. The van der Waals surface area contributed by atoms with Gasteiger partial charge in [0.25, 0.3) is 5.69 Å². The first kappa shape index (κ1) is 19.2. The smallest absolute Gasteiger partial charge is 0.419 e. The van der Waals surface area contributed by atoms with Gasteiger partial charge in [0, 0.05) is 31.1 Å². The van der Waals surface area contributed by atoms with Crippen LogP contribution in [0.1, 0.15) is 18.4 Å². The number of hydrogen-bond acceptors (Lipinski definition) is 6. The van der Waals surface area contributed by atoms with E-state index in [0.29, 0.717) is 24.2 Å². The molecule has 3 aromatic rings. The molecule has 1 heterocycles. The number of rotatable bonds is 8. The number of para-hydroxylation sites is 1. The van der Waals surface area contributed by atoms with Crippen molar-refractivity contribution in [2.75, 3.05) is 7.11 Å².